The van der Waals surface area contributed by atoms with Crippen LogP contribution in [0.1, 0.15) is 12.8 Å². The van der Waals surface area contributed by atoms with Crippen LogP contribution in [0.3, 0.4) is 0 Å². The van der Waals surface area contributed by atoms with E-state index in [1.54, 1.807) is 0 Å². The van der Waals surface area contributed by atoms with Crippen molar-refractivity contribution in [3.05, 3.63) is 42.6 Å². The van der Waals surface area contributed by atoms with Gasteiger partial charge in [-0.15, -0.1) is 10.2 Å². The number of hydrogen-bond donors (Lipinski definition) is 1. The molecular weight excluding hydrogens is 300 g/mol. The monoisotopic (exact) mass is 320 g/mol. The second-order valence-electron chi connectivity index (χ2n) is 6.83. The Kier molecular flexibility index (Phi) is 3.26. The molecule has 3 fully saturated rings. The Labute approximate surface area is 140 Å². The lowest BCUT2D eigenvalue weighted by atomic mass is 9.86. The lowest BCUT2D eigenvalue weighted by Crippen LogP contribution is -2.52. The molecule has 5 heteroatoms. The molecule has 1 unspecified atom stereocenters. The standard InChI is InChI=1S/C19H20N4O/c1-2-16-15(5-8-20-16)11-14(1)17-3-4-19(22-21-17)24-18-12-23-9-6-13(18)7-10-23/h1-5,8,11,13,18,20H,6-7,9-10,12H2. The van der Waals surface area contributed by atoms with E-state index in [0.29, 0.717) is 11.8 Å². The van der Waals surface area contributed by atoms with Gasteiger partial charge in [-0.3, -0.25) is 4.90 Å². The first-order valence-corrected chi connectivity index (χ1v) is 8.65. The van der Waals surface area contributed by atoms with Gasteiger partial charge in [0.15, 0.2) is 0 Å². The van der Waals surface area contributed by atoms with E-state index in [4.69, 9.17) is 4.74 Å². The molecule has 5 nitrogen and oxygen atoms in total. The molecule has 5 heterocycles. The molecule has 2 aromatic heterocycles. The molecule has 1 atom stereocenters. The molecule has 2 bridgehead atoms. The van der Waals surface area contributed by atoms with Crippen LogP contribution in [0.2, 0.25) is 0 Å². The van der Waals surface area contributed by atoms with E-state index in [-0.39, 0.29) is 6.10 Å². The summed E-state index contributed by atoms with van der Waals surface area (Å²) in [6, 6.07) is 12.3. The summed E-state index contributed by atoms with van der Waals surface area (Å²) in [5.74, 6) is 1.31. The molecule has 3 aliphatic heterocycles. The molecule has 6 rings (SSSR count). The van der Waals surface area contributed by atoms with Crippen molar-refractivity contribution < 1.29 is 4.74 Å². The molecule has 1 N–H and O–H groups in total. The molecule has 3 aliphatic rings. The predicted octanol–water partition coefficient (Wildman–Crippen LogP) is 3.10. The second-order valence-corrected chi connectivity index (χ2v) is 6.83. The number of aromatic nitrogens is 3. The van der Waals surface area contributed by atoms with Crippen LogP contribution in [0.5, 0.6) is 5.88 Å². The molecule has 0 spiro atoms. The minimum absolute atomic E-state index is 0.267. The highest BCUT2D eigenvalue weighted by atomic mass is 16.5. The summed E-state index contributed by atoms with van der Waals surface area (Å²) in [5.41, 5.74) is 3.08. The number of nitrogens with one attached hydrogen (secondary N) is 1. The van der Waals surface area contributed by atoms with Crippen LogP contribution in [-0.2, 0) is 0 Å². The summed E-state index contributed by atoms with van der Waals surface area (Å²) in [4.78, 5) is 5.69. The van der Waals surface area contributed by atoms with Crippen LogP contribution in [0, 0.1) is 5.92 Å². The lowest BCUT2D eigenvalue weighted by molar-refractivity contribution is -0.0103. The number of ether oxygens (including phenoxy) is 1. The number of hydrogen-bond acceptors (Lipinski definition) is 4. The zero-order valence-electron chi connectivity index (χ0n) is 13.5. The summed E-state index contributed by atoms with van der Waals surface area (Å²) in [5, 5.41) is 9.85. The van der Waals surface area contributed by atoms with Gasteiger partial charge in [-0.1, -0.05) is 6.07 Å². The lowest BCUT2D eigenvalue weighted by Gasteiger charge is -2.44. The van der Waals surface area contributed by atoms with Crippen molar-refractivity contribution in [1.82, 2.24) is 20.1 Å². The summed E-state index contributed by atoms with van der Waals surface area (Å²) in [6.45, 7) is 3.46. The van der Waals surface area contributed by atoms with Gasteiger partial charge in [0.05, 0.1) is 5.69 Å². The van der Waals surface area contributed by atoms with Crippen LogP contribution in [-0.4, -0.2) is 45.8 Å². The van der Waals surface area contributed by atoms with Crippen LogP contribution in [0.15, 0.2) is 42.6 Å². The maximum atomic E-state index is 6.12. The number of rotatable bonds is 3. The highest BCUT2D eigenvalue weighted by Crippen LogP contribution is 2.30. The average molecular weight is 320 g/mol. The minimum atomic E-state index is 0.267. The van der Waals surface area contributed by atoms with E-state index >= 15 is 0 Å². The smallest absolute Gasteiger partial charge is 0.233 e. The first-order valence-electron chi connectivity index (χ1n) is 8.65. The van der Waals surface area contributed by atoms with Crippen molar-refractivity contribution in [3.63, 3.8) is 0 Å². The van der Waals surface area contributed by atoms with E-state index < -0.39 is 0 Å². The second kappa shape index (κ2) is 5.60. The van der Waals surface area contributed by atoms with Gasteiger partial charge in [-0.05, 0) is 56.1 Å². The Balaban J connectivity index is 1.35. The summed E-state index contributed by atoms with van der Waals surface area (Å²) < 4.78 is 6.12. The van der Waals surface area contributed by atoms with Gasteiger partial charge < -0.3 is 9.72 Å². The maximum absolute atomic E-state index is 6.12. The zero-order valence-corrected chi connectivity index (χ0v) is 13.5. The summed E-state index contributed by atoms with van der Waals surface area (Å²) in [6.07, 6.45) is 4.70. The fraction of sp³-hybridized carbons (Fsp3) is 0.368. The third kappa shape index (κ3) is 2.45. The number of piperidine rings is 3. The average Bonchev–Trinajstić information content (AvgIpc) is 3.11. The van der Waals surface area contributed by atoms with Gasteiger partial charge in [0.1, 0.15) is 6.10 Å². The third-order valence-corrected chi connectivity index (χ3v) is 5.36. The van der Waals surface area contributed by atoms with Crippen LogP contribution in [0.25, 0.3) is 22.2 Å². The number of H-pyrrole nitrogens is 1. The minimum Gasteiger partial charge on any atom is -0.472 e. The van der Waals surface area contributed by atoms with Crippen LogP contribution >= 0.6 is 0 Å². The van der Waals surface area contributed by atoms with Crippen LogP contribution < -0.4 is 4.74 Å². The first kappa shape index (κ1) is 14.0. The highest BCUT2D eigenvalue weighted by Gasteiger charge is 2.35. The maximum Gasteiger partial charge on any atom is 0.233 e. The van der Waals surface area contributed by atoms with E-state index in [1.165, 1.54) is 31.3 Å². The quantitative estimate of drug-likeness (QED) is 0.806. The third-order valence-electron chi connectivity index (χ3n) is 5.36. The van der Waals surface area contributed by atoms with E-state index in [9.17, 15) is 0 Å². The molecule has 3 saturated heterocycles. The molecule has 122 valence electrons. The van der Waals surface area contributed by atoms with Gasteiger partial charge >= 0.3 is 0 Å². The largest absolute Gasteiger partial charge is 0.472 e. The van der Waals surface area contributed by atoms with E-state index in [1.807, 2.05) is 18.3 Å². The molecule has 1 aromatic carbocycles. The first-order chi connectivity index (χ1) is 11.8. The Morgan fingerprint density at radius 2 is 1.96 bits per heavy atom. The van der Waals surface area contributed by atoms with Crippen LogP contribution in [0.4, 0.5) is 0 Å². The number of nitrogens with zero attached hydrogens (tertiary/aromatic N) is 3. The normalized spacial score (nSPS) is 25.9. The number of aromatic amines is 1. The van der Waals surface area contributed by atoms with Crippen molar-refractivity contribution in [2.24, 2.45) is 5.92 Å². The van der Waals surface area contributed by atoms with E-state index in [0.717, 1.165) is 23.3 Å². The van der Waals surface area contributed by atoms with Crippen molar-refractivity contribution in [2.75, 3.05) is 19.6 Å². The molecule has 0 radical (unpaired) electrons. The van der Waals surface area contributed by atoms with Gasteiger partial charge in [-0.25, -0.2) is 0 Å². The SMILES string of the molecule is c1cc2cc(-c3ccc(OC4CN5CCC4CC5)nn3)ccc2[nH]1. The van der Waals surface area contributed by atoms with Gasteiger partial charge in [0, 0.05) is 35.3 Å². The molecule has 24 heavy (non-hydrogen) atoms. The van der Waals surface area contributed by atoms with E-state index in [2.05, 4.69) is 44.3 Å². The van der Waals surface area contributed by atoms with Crippen molar-refractivity contribution in [3.8, 4) is 17.1 Å². The molecule has 3 aromatic rings. The summed E-state index contributed by atoms with van der Waals surface area (Å²) in [7, 11) is 0. The summed E-state index contributed by atoms with van der Waals surface area (Å²) >= 11 is 0. The topological polar surface area (TPSA) is 54.0 Å². The van der Waals surface area contributed by atoms with Crippen molar-refractivity contribution in [2.45, 2.75) is 18.9 Å². The molecular formula is C19H20N4O. The van der Waals surface area contributed by atoms with Gasteiger partial charge in [0.25, 0.3) is 0 Å². The predicted molar refractivity (Wildman–Crippen MR) is 92.9 cm³/mol. The van der Waals surface area contributed by atoms with Crippen molar-refractivity contribution >= 4 is 10.9 Å². The van der Waals surface area contributed by atoms with Gasteiger partial charge in [-0.2, -0.15) is 0 Å². The Hall–Kier alpha value is -2.40. The fourth-order valence-electron chi connectivity index (χ4n) is 3.95. The molecule has 0 saturated carbocycles. The fourth-order valence-corrected chi connectivity index (χ4v) is 3.95. The Morgan fingerprint density at radius 1 is 1.04 bits per heavy atom. The van der Waals surface area contributed by atoms with Crippen molar-refractivity contribution in [1.29, 1.82) is 0 Å². The number of benzene rings is 1. The molecule has 0 aliphatic carbocycles. The highest BCUT2D eigenvalue weighted by molar-refractivity contribution is 5.84. The number of fused-ring (bicyclic) bond motifs is 4. The zero-order chi connectivity index (χ0) is 15.9. The Bertz CT molecular complexity index is 849. The Morgan fingerprint density at radius 3 is 2.71 bits per heavy atom. The van der Waals surface area contributed by atoms with Gasteiger partial charge in [0.2, 0.25) is 5.88 Å². The molecule has 0 amide bonds.